The molecule has 1 atom stereocenters. The summed E-state index contributed by atoms with van der Waals surface area (Å²) in [6, 6.07) is 7.81. The van der Waals surface area contributed by atoms with Crippen LogP contribution in [0.15, 0.2) is 33.7 Å². The largest absolute Gasteiger partial charge is 0.370 e. The fraction of sp³-hybridized carbons (Fsp3) is 0.529. The standard InChI is InChI=1S/C17H26BrN5O/c1-2-23-10-4-7-15(23)12-22-17(19)21-9-8-20-16(24)13-5-3-6-14(18)11-13/h3,5-6,11,15H,2,4,7-10,12H2,1H3,(H,20,24)(H3,19,21,22). The number of guanidine groups is 1. The number of hydrogen-bond acceptors (Lipinski definition) is 3. The van der Waals surface area contributed by atoms with Crippen molar-refractivity contribution in [1.82, 2.24) is 15.5 Å². The molecule has 1 aromatic rings. The van der Waals surface area contributed by atoms with Crippen molar-refractivity contribution in [1.29, 1.82) is 0 Å². The van der Waals surface area contributed by atoms with Gasteiger partial charge in [0.2, 0.25) is 0 Å². The van der Waals surface area contributed by atoms with Crippen molar-refractivity contribution >= 4 is 27.8 Å². The first-order valence-corrected chi connectivity index (χ1v) is 9.21. The summed E-state index contributed by atoms with van der Waals surface area (Å²) in [5.74, 6) is 0.341. The Morgan fingerprint density at radius 1 is 1.42 bits per heavy atom. The number of benzene rings is 1. The van der Waals surface area contributed by atoms with E-state index in [2.05, 4.69) is 43.4 Å². The lowest BCUT2D eigenvalue weighted by Crippen LogP contribution is -2.39. The third kappa shape index (κ3) is 5.79. The highest BCUT2D eigenvalue weighted by Gasteiger charge is 2.22. The van der Waals surface area contributed by atoms with Crippen LogP contribution in [0.3, 0.4) is 0 Å². The molecule has 1 saturated heterocycles. The van der Waals surface area contributed by atoms with Crippen LogP contribution in [0.2, 0.25) is 0 Å². The molecule has 1 unspecified atom stereocenters. The first-order valence-electron chi connectivity index (χ1n) is 8.41. The lowest BCUT2D eigenvalue weighted by molar-refractivity contribution is 0.0954. The predicted octanol–water partition coefficient (Wildman–Crippen LogP) is 1.57. The van der Waals surface area contributed by atoms with Crippen molar-refractivity contribution in [3.05, 3.63) is 34.3 Å². The van der Waals surface area contributed by atoms with E-state index in [1.165, 1.54) is 12.8 Å². The van der Waals surface area contributed by atoms with Gasteiger partial charge in [-0.1, -0.05) is 28.9 Å². The third-order valence-corrected chi connectivity index (χ3v) is 4.67. The van der Waals surface area contributed by atoms with Gasteiger partial charge in [0.1, 0.15) is 0 Å². The van der Waals surface area contributed by atoms with Gasteiger partial charge < -0.3 is 16.4 Å². The maximum absolute atomic E-state index is 12.0. The second kappa shape index (κ2) is 9.64. The highest BCUT2D eigenvalue weighted by atomic mass is 79.9. The lowest BCUT2D eigenvalue weighted by atomic mass is 10.2. The van der Waals surface area contributed by atoms with Crippen molar-refractivity contribution in [2.24, 2.45) is 10.7 Å². The summed E-state index contributed by atoms with van der Waals surface area (Å²) in [5, 5.41) is 5.90. The van der Waals surface area contributed by atoms with Crippen molar-refractivity contribution < 1.29 is 4.79 Å². The molecule has 6 nitrogen and oxygen atoms in total. The highest BCUT2D eigenvalue weighted by Crippen LogP contribution is 2.16. The van der Waals surface area contributed by atoms with Gasteiger partial charge in [0.25, 0.3) is 5.91 Å². The Kier molecular flexibility index (Phi) is 7.52. The van der Waals surface area contributed by atoms with E-state index in [1.807, 2.05) is 12.1 Å². The summed E-state index contributed by atoms with van der Waals surface area (Å²) < 4.78 is 0.887. The molecule has 2 rings (SSSR count). The molecule has 0 radical (unpaired) electrons. The predicted molar refractivity (Wildman–Crippen MR) is 101 cm³/mol. The van der Waals surface area contributed by atoms with Crippen LogP contribution in [0.4, 0.5) is 0 Å². The molecule has 24 heavy (non-hydrogen) atoms. The first-order chi connectivity index (χ1) is 11.6. The van der Waals surface area contributed by atoms with Gasteiger partial charge in [0.05, 0.1) is 6.54 Å². The fourth-order valence-corrected chi connectivity index (χ4v) is 3.28. The zero-order valence-electron chi connectivity index (χ0n) is 14.1. The summed E-state index contributed by atoms with van der Waals surface area (Å²) in [4.78, 5) is 18.8. The maximum atomic E-state index is 12.0. The number of amides is 1. The molecule has 0 aliphatic carbocycles. The van der Waals surface area contributed by atoms with Crippen LogP contribution in [-0.4, -0.2) is 55.5 Å². The van der Waals surface area contributed by atoms with Crippen LogP contribution in [0.1, 0.15) is 30.1 Å². The number of hydrogen-bond donors (Lipinski definition) is 3. The molecule has 1 amide bonds. The number of carbonyl (C=O) groups is 1. The fourth-order valence-electron chi connectivity index (χ4n) is 2.88. The molecule has 7 heteroatoms. The minimum absolute atomic E-state index is 0.0989. The molecule has 1 heterocycles. The molecular formula is C17H26BrN5O. The molecule has 4 N–H and O–H groups in total. The molecular weight excluding hydrogens is 370 g/mol. The summed E-state index contributed by atoms with van der Waals surface area (Å²) in [5.41, 5.74) is 6.52. The van der Waals surface area contributed by atoms with Gasteiger partial charge in [-0.3, -0.25) is 14.7 Å². The minimum atomic E-state index is -0.0989. The van der Waals surface area contributed by atoms with Crippen LogP contribution in [-0.2, 0) is 0 Å². The Morgan fingerprint density at radius 2 is 2.21 bits per heavy atom. The number of carbonyl (C=O) groups excluding carboxylic acids is 1. The van der Waals surface area contributed by atoms with Crippen LogP contribution in [0, 0.1) is 0 Å². The summed E-state index contributed by atoms with van der Waals surface area (Å²) in [7, 11) is 0. The molecule has 1 fully saturated rings. The number of halogens is 1. The molecule has 1 aromatic carbocycles. The number of nitrogens with one attached hydrogen (secondary N) is 2. The highest BCUT2D eigenvalue weighted by molar-refractivity contribution is 9.10. The summed E-state index contributed by atoms with van der Waals surface area (Å²) in [6.07, 6.45) is 2.43. The Balaban J connectivity index is 1.66. The van der Waals surface area contributed by atoms with Gasteiger partial charge in [-0.05, 0) is 44.1 Å². The van der Waals surface area contributed by atoms with E-state index in [0.29, 0.717) is 30.7 Å². The van der Waals surface area contributed by atoms with Crippen molar-refractivity contribution in [2.45, 2.75) is 25.8 Å². The SMILES string of the molecule is CCN1CCCC1CN=C(N)NCCNC(=O)c1cccc(Br)c1. The van der Waals surface area contributed by atoms with Gasteiger partial charge in [-0.2, -0.15) is 0 Å². The number of likely N-dealkylation sites (N-methyl/N-ethyl adjacent to an activating group) is 1. The summed E-state index contributed by atoms with van der Waals surface area (Å²) in [6.45, 7) is 6.18. The van der Waals surface area contributed by atoms with E-state index in [-0.39, 0.29) is 5.91 Å². The van der Waals surface area contributed by atoms with Crippen molar-refractivity contribution in [3.63, 3.8) is 0 Å². The molecule has 1 aliphatic heterocycles. The molecule has 0 bridgehead atoms. The quantitative estimate of drug-likeness (QED) is 0.371. The number of nitrogens with two attached hydrogens (primary N) is 1. The monoisotopic (exact) mass is 395 g/mol. The molecule has 0 aromatic heterocycles. The molecule has 1 aliphatic rings. The van der Waals surface area contributed by atoms with Gasteiger partial charge in [-0.15, -0.1) is 0 Å². The zero-order valence-corrected chi connectivity index (χ0v) is 15.7. The van der Waals surface area contributed by atoms with Gasteiger partial charge >= 0.3 is 0 Å². The summed E-state index contributed by atoms with van der Waals surface area (Å²) >= 11 is 3.36. The van der Waals surface area contributed by atoms with E-state index < -0.39 is 0 Å². The van der Waals surface area contributed by atoms with Crippen LogP contribution < -0.4 is 16.4 Å². The molecule has 0 saturated carbocycles. The molecule has 0 spiro atoms. The zero-order chi connectivity index (χ0) is 17.4. The Bertz CT molecular complexity index is 578. The Hall–Kier alpha value is -1.60. The number of likely N-dealkylation sites (tertiary alicyclic amines) is 1. The second-order valence-electron chi connectivity index (χ2n) is 5.84. The topological polar surface area (TPSA) is 82.8 Å². The Labute approximate surface area is 152 Å². The maximum Gasteiger partial charge on any atom is 0.251 e. The number of nitrogens with zero attached hydrogens (tertiary/aromatic N) is 2. The average Bonchev–Trinajstić information content (AvgIpc) is 3.04. The van der Waals surface area contributed by atoms with Crippen molar-refractivity contribution in [3.8, 4) is 0 Å². The van der Waals surface area contributed by atoms with E-state index in [9.17, 15) is 4.79 Å². The second-order valence-corrected chi connectivity index (χ2v) is 6.76. The van der Waals surface area contributed by atoms with E-state index in [0.717, 1.165) is 24.1 Å². The Morgan fingerprint density at radius 3 is 2.96 bits per heavy atom. The van der Waals surface area contributed by atoms with Crippen molar-refractivity contribution in [2.75, 3.05) is 32.7 Å². The molecule has 132 valence electrons. The minimum Gasteiger partial charge on any atom is -0.370 e. The van der Waals surface area contributed by atoms with Crippen LogP contribution in [0.5, 0.6) is 0 Å². The normalized spacial score (nSPS) is 18.6. The van der Waals surface area contributed by atoms with E-state index in [4.69, 9.17) is 5.73 Å². The third-order valence-electron chi connectivity index (χ3n) is 4.18. The number of aliphatic imine (C=N–C) groups is 1. The van der Waals surface area contributed by atoms with E-state index in [1.54, 1.807) is 12.1 Å². The van der Waals surface area contributed by atoms with E-state index >= 15 is 0 Å². The lowest BCUT2D eigenvalue weighted by Gasteiger charge is -2.20. The van der Waals surface area contributed by atoms with Gasteiger partial charge in [0.15, 0.2) is 5.96 Å². The van der Waals surface area contributed by atoms with Gasteiger partial charge in [0, 0.05) is 29.2 Å². The first kappa shape index (κ1) is 18.7. The smallest absolute Gasteiger partial charge is 0.251 e. The van der Waals surface area contributed by atoms with Gasteiger partial charge in [-0.25, -0.2) is 0 Å². The van der Waals surface area contributed by atoms with Crippen LogP contribution >= 0.6 is 15.9 Å². The van der Waals surface area contributed by atoms with Crippen LogP contribution in [0.25, 0.3) is 0 Å². The average molecular weight is 396 g/mol. The number of rotatable bonds is 7.